The topological polar surface area (TPSA) is 56.1 Å². The Morgan fingerprint density at radius 1 is 1.13 bits per heavy atom. The van der Waals surface area contributed by atoms with E-state index >= 15 is 0 Å². The summed E-state index contributed by atoms with van der Waals surface area (Å²) in [7, 11) is 3.44. The number of pyridine rings is 1. The van der Waals surface area contributed by atoms with Crippen LogP contribution in [0.2, 0.25) is 0 Å². The second-order valence-electron chi connectivity index (χ2n) is 7.81. The zero-order valence-electron chi connectivity index (χ0n) is 17.1. The van der Waals surface area contributed by atoms with Gasteiger partial charge in [0.2, 0.25) is 0 Å². The van der Waals surface area contributed by atoms with E-state index < -0.39 is 0 Å². The molecule has 0 bridgehead atoms. The zero-order valence-corrected chi connectivity index (χ0v) is 17.1. The van der Waals surface area contributed by atoms with Gasteiger partial charge < -0.3 is 14.6 Å². The Morgan fingerprint density at radius 3 is 2.67 bits per heavy atom. The number of ether oxygens (including phenoxy) is 1. The van der Waals surface area contributed by atoms with Gasteiger partial charge in [0.25, 0.3) is 0 Å². The number of methoxy groups -OCH3 is 1. The minimum atomic E-state index is -0.376. The highest BCUT2D eigenvalue weighted by Gasteiger charge is 2.26. The van der Waals surface area contributed by atoms with Crippen molar-refractivity contribution in [3.05, 3.63) is 78.1 Å². The van der Waals surface area contributed by atoms with Gasteiger partial charge in [-0.25, -0.2) is 9.78 Å². The highest BCUT2D eigenvalue weighted by atomic mass is 16.5. The largest absolute Gasteiger partial charge is 0.465 e. The molecule has 0 spiro atoms. The predicted molar refractivity (Wildman–Crippen MR) is 119 cm³/mol. The fraction of sp³-hybridized carbons (Fsp3) is 0.200. The van der Waals surface area contributed by atoms with E-state index in [1.807, 2.05) is 31.4 Å². The number of hydrogen-bond acceptors (Lipinski definition) is 4. The fourth-order valence-electron chi connectivity index (χ4n) is 3.93. The fourth-order valence-corrected chi connectivity index (χ4v) is 3.93. The van der Waals surface area contributed by atoms with Crippen molar-refractivity contribution < 1.29 is 9.53 Å². The van der Waals surface area contributed by atoms with Crippen molar-refractivity contribution in [3.8, 4) is 11.1 Å². The molecule has 5 nitrogen and oxygen atoms in total. The first-order valence-corrected chi connectivity index (χ1v) is 10.1. The second-order valence-corrected chi connectivity index (χ2v) is 7.81. The molecule has 1 aliphatic rings. The number of rotatable bonds is 5. The molecule has 0 aliphatic heterocycles. The SMILES string of the molecule is COC(=O)c1cc(C2CC2)cnc1Nc1ccc2c(-c3ccccc3)cn(C)c2c1. The Hall–Kier alpha value is -3.60. The number of nitrogens with zero attached hydrogens (tertiary/aromatic N) is 2. The van der Waals surface area contributed by atoms with Crippen LogP contribution in [0.4, 0.5) is 11.5 Å². The van der Waals surface area contributed by atoms with Crippen LogP contribution in [0.1, 0.15) is 34.7 Å². The molecule has 30 heavy (non-hydrogen) atoms. The summed E-state index contributed by atoms with van der Waals surface area (Å²) in [5.74, 6) is 0.660. The summed E-state index contributed by atoms with van der Waals surface area (Å²) in [5, 5.41) is 4.50. The van der Waals surface area contributed by atoms with Crippen LogP contribution >= 0.6 is 0 Å². The van der Waals surface area contributed by atoms with Gasteiger partial charge in [-0.2, -0.15) is 0 Å². The van der Waals surface area contributed by atoms with Crippen molar-refractivity contribution in [1.29, 1.82) is 0 Å². The third-order valence-electron chi connectivity index (χ3n) is 5.70. The van der Waals surface area contributed by atoms with Gasteiger partial charge in [0.15, 0.2) is 0 Å². The molecule has 0 amide bonds. The van der Waals surface area contributed by atoms with Crippen LogP contribution in [0.15, 0.2) is 67.0 Å². The highest BCUT2D eigenvalue weighted by Crippen LogP contribution is 2.41. The van der Waals surface area contributed by atoms with Crippen molar-refractivity contribution in [2.75, 3.05) is 12.4 Å². The van der Waals surface area contributed by atoms with Crippen LogP contribution in [0.25, 0.3) is 22.0 Å². The van der Waals surface area contributed by atoms with Gasteiger partial charge in [-0.05, 0) is 48.1 Å². The first-order chi connectivity index (χ1) is 14.6. The number of carbonyl (C=O) groups is 1. The summed E-state index contributed by atoms with van der Waals surface area (Å²) in [6, 6.07) is 18.5. The van der Waals surface area contributed by atoms with Crippen LogP contribution in [-0.2, 0) is 11.8 Å². The van der Waals surface area contributed by atoms with Gasteiger partial charge in [0.05, 0.1) is 12.6 Å². The van der Waals surface area contributed by atoms with E-state index in [1.54, 1.807) is 0 Å². The number of fused-ring (bicyclic) bond motifs is 1. The van der Waals surface area contributed by atoms with Crippen LogP contribution in [0.3, 0.4) is 0 Å². The number of aryl methyl sites for hydroxylation is 1. The lowest BCUT2D eigenvalue weighted by Crippen LogP contribution is -2.08. The van der Waals surface area contributed by atoms with E-state index in [1.165, 1.54) is 23.6 Å². The zero-order chi connectivity index (χ0) is 20.7. The van der Waals surface area contributed by atoms with Crippen LogP contribution in [-0.4, -0.2) is 22.6 Å². The van der Waals surface area contributed by atoms with Crippen molar-refractivity contribution in [3.63, 3.8) is 0 Å². The smallest absolute Gasteiger partial charge is 0.341 e. The van der Waals surface area contributed by atoms with Gasteiger partial charge in [-0.1, -0.05) is 36.4 Å². The summed E-state index contributed by atoms with van der Waals surface area (Å²) in [5.41, 5.74) is 5.94. The summed E-state index contributed by atoms with van der Waals surface area (Å²) in [6.07, 6.45) is 6.32. The van der Waals surface area contributed by atoms with Crippen molar-refractivity contribution in [2.45, 2.75) is 18.8 Å². The number of nitrogens with one attached hydrogen (secondary N) is 1. The standard InChI is InChI=1S/C25H23N3O2/c1-28-15-22(17-6-4-3-5-7-17)20-11-10-19(13-23(20)28)27-24-21(25(29)30-2)12-18(14-26-24)16-8-9-16/h3-7,10-16H,8-9H2,1-2H3,(H,26,27). The molecule has 2 heterocycles. The van der Waals surface area contributed by atoms with Crippen molar-refractivity contribution >= 4 is 28.4 Å². The molecule has 2 aromatic carbocycles. The van der Waals surface area contributed by atoms with E-state index in [9.17, 15) is 4.79 Å². The number of esters is 1. The Bertz CT molecular complexity index is 1240. The monoisotopic (exact) mass is 397 g/mol. The first-order valence-electron chi connectivity index (χ1n) is 10.1. The molecular weight excluding hydrogens is 374 g/mol. The third kappa shape index (κ3) is 3.32. The molecule has 0 unspecified atom stereocenters. The van der Waals surface area contributed by atoms with Crippen molar-refractivity contribution in [2.24, 2.45) is 7.05 Å². The third-order valence-corrected chi connectivity index (χ3v) is 5.70. The van der Waals surface area contributed by atoms with E-state index in [0.29, 0.717) is 17.3 Å². The normalized spacial score (nSPS) is 13.4. The summed E-state index contributed by atoms with van der Waals surface area (Å²) >= 11 is 0. The number of aromatic nitrogens is 2. The molecule has 5 rings (SSSR count). The van der Waals surface area contributed by atoms with E-state index in [0.717, 1.165) is 29.6 Å². The quantitative estimate of drug-likeness (QED) is 0.442. The number of benzene rings is 2. The average molecular weight is 397 g/mol. The number of carbonyl (C=O) groups excluding carboxylic acids is 1. The minimum absolute atomic E-state index is 0.376. The van der Waals surface area contributed by atoms with E-state index in [2.05, 4.69) is 57.5 Å². The van der Waals surface area contributed by atoms with Crippen LogP contribution in [0.5, 0.6) is 0 Å². The lowest BCUT2D eigenvalue weighted by molar-refractivity contribution is 0.0601. The molecule has 5 heteroatoms. The van der Waals surface area contributed by atoms with Crippen LogP contribution < -0.4 is 5.32 Å². The molecule has 150 valence electrons. The Labute approximate surface area is 175 Å². The Kier molecular flexibility index (Phi) is 4.51. The molecule has 2 aromatic heterocycles. The molecule has 0 saturated heterocycles. The molecule has 1 fully saturated rings. The Balaban J connectivity index is 1.52. The maximum Gasteiger partial charge on any atom is 0.341 e. The van der Waals surface area contributed by atoms with Gasteiger partial charge in [0, 0.05) is 36.1 Å². The first kappa shape index (κ1) is 18.4. The second kappa shape index (κ2) is 7.34. The number of hydrogen-bond donors (Lipinski definition) is 1. The average Bonchev–Trinajstić information content (AvgIpc) is 3.58. The molecule has 4 aromatic rings. The predicted octanol–water partition coefficient (Wildman–Crippen LogP) is 5.65. The van der Waals surface area contributed by atoms with Gasteiger partial charge >= 0.3 is 5.97 Å². The lowest BCUT2D eigenvalue weighted by Gasteiger charge is -2.12. The van der Waals surface area contributed by atoms with Gasteiger partial charge in [-0.15, -0.1) is 0 Å². The maximum atomic E-state index is 12.3. The molecule has 1 aliphatic carbocycles. The van der Waals surface area contributed by atoms with Gasteiger partial charge in [-0.3, -0.25) is 0 Å². The Morgan fingerprint density at radius 2 is 1.93 bits per heavy atom. The summed E-state index contributed by atoms with van der Waals surface area (Å²) in [4.78, 5) is 16.9. The molecule has 0 atom stereocenters. The van der Waals surface area contributed by atoms with Crippen molar-refractivity contribution in [1.82, 2.24) is 9.55 Å². The minimum Gasteiger partial charge on any atom is -0.465 e. The maximum absolute atomic E-state index is 12.3. The molecule has 1 saturated carbocycles. The molecule has 0 radical (unpaired) electrons. The highest BCUT2D eigenvalue weighted by molar-refractivity contribution is 5.99. The summed E-state index contributed by atoms with van der Waals surface area (Å²) in [6.45, 7) is 0. The molecular formula is C25H23N3O2. The van der Waals surface area contributed by atoms with Gasteiger partial charge in [0.1, 0.15) is 11.4 Å². The molecule has 1 N–H and O–H groups in total. The van der Waals surface area contributed by atoms with Crippen LogP contribution in [0, 0.1) is 0 Å². The van der Waals surface area contributed by atoms with E-state index in [4.69, 9.17) is 4.74 Å². The van der Waals surface area contributed by atoms with E-state index in [-0.39, 0.29) is 5.97 Å². The summed E-state index contributed by atoms with van der Waals surface area (Å²) < 4.78 is 7.11. The lowest BCUT2D eigenvalue weighted by atomic mass is 10.0. The number of anilines is 2.